The van der Waals surface area contributed by atoms with E-state index in [2.05, 4.69) is 0 Å². The number of fused-ring (bicyclic) bond motifs is 6. The van der Waals surface area contributed by atoms with Gasteiger partial charge >= 0.3 is 0 Å². The number of benzene rings is 6. The van der Waals surface area contributed by atoms with E-state index in [4.69, 9.17) is 17.8 Å². The van der Waals surface area contributed by atoms with Crippen molar-refractivity contribution in [3.8, 4) is 22.5 Å². The van der Waals surface area contributed by atoms with Crippen molar-refractivity contribution in [3.05, 3.63) is 145 Å². The third-order valence-electron chi connectivity index (χ3n) is 6.86. The molecule has 0 saturated carbocycles. The highest BCUT2D eigenvalue weighted by molar-refractivity contribution is 6.12. The van der Waals surface area contributed by atoms with Gasteiger partial charge in [0.2, 0.25) is 0 Å². The van der Waals surface area contributed by atoms with Gasteiger partial charge in [-0.3, -0.25) is 0 Å². The maximum Gasteiger partial charge on any atom is 0.0645 e. The number of nitrogens with zero attached hydrogens (tertiary/aromatic N) is 2. The van der Waals surface area contributed by atoms with Crippen molar-refractivity contribution in [2.45, 2.75) is 0 Å². The Bertz CT molecular complexity index is 2730. The standard InChI is InChI=1S/C36H24N2/c1-2-10-25(11-3-1)26-18-20-27(21-19-26)37-35-17-9-6-14-31(35)32-24-28(22-23-36(32)37)38-33-15-7-4-12-29(33)30-13-5-8-16-34(30)38/h1-24H/i1D,2D,3D,4D,5D,7D,8D,10D,11D,12D,13D,15D,16D. The van der Waals surface area contributed by atoms with E-state index in [-0.39, 0.29) is 51.5 Å². The predicted octanol–water partition coefficient (Wildman–Crippen LogP) is 9.55. The van der Waals surface area contributed by atoms with Crippen LogP contribution >= 0.6 is 0 Å². The highest BCUT2D eigenvalue weighted by Gasteiger charge is 2.16. The largest absolute Gasteiger partial charge is 0.309 e. The Morgan fingerprint density at radius 1 is 0.395 bits per heavy atom. The lowest BCUT2D eigenvalue weighted by Gasteiger charge is -2.11. The molecule has 0 radical (unpaired) electrons. The van der Waals surface area contributed by atoms with Crippen molar-refractivity contribution >= 4 is 43.6 Å². The second kappa shape index (κ2) is 8.22. The van der Waals surface area contributed by atoms with E-state index in [1.807, 2.05) is 41.0 Å². The second-order valence-electron chi connectivity index (χ2n) is 8.88. The van der Waals surface area contributed by atoms with Crippen LogP contribution in [0.25, 0.3) is 66.1 Å². The Kier molecular flexibility index (Phi) is 2.59. The first-order valence-corrected chi connectivity index (χ1v) is 12.0. The highest BCUT2D eigenvalue weighted by atomic mass is 15.0. The zero-order valence-electron chi connectivity index (χ0n) is 32.7. The molecule has 0 atom stereocenters. The SMILES string of the molecule is [2H]c1c([2H])c([2H])c(-c2ccc(-n3c4ccccc4c4cc(-n5c6c([2H])c([2H])c([2H])c([2H])c6c6c([2H])c([2H])c([2H])c([2H])c65)ccc43)cc2)c([2H])c1[2H]. The van der Waals surface area contributed by atoms with Gasteiger partial charge in [-0.05, 0) is 59.6 Å². The predicted molar refractivity (Wildman–Crippen MR) is 161 cm³/mol. The molecule has 178 valence electrons. The van der Waals surface area contributed by atoms with Crippen LogP contribution in [0.1, 0.15) is 17.8 Å². The molecule has 0 aliphatic carbocycles. The fraction of sp³-hybridized carbons (Fsp3) is 0. The Labute approximate surface area is 238 Å². The number of hydrogen-bond acceptors (Lipinski definition) is 0. The van der Waals surface area contributed by atoms with Crippen molar-refractivity contribution in [3.63, 3.8) is 0 Å². The molecule has 2 heterocycles. The van der Waals surface area contributed by atoms with Gasteiger partial charge in [0.25, 0.3) is 0 Å². The van der Waals surface area contributed by atoms with Crippen LogP contribution in [0, 0.1) is 0 Å². The molecule has 2 heteroatoms. The summed E-state index contributed by atoms with van der Waals surface area (Å²) in [5.41, 5.74) is 3.37. The third kappa shape index (κ3) is 3.07. The van der Waals surface area contributed by atoms with Crippen molar-refractivity contribution in [2.75, 3.05) is 0 Å². The Morgan fingerprint density at radius 2 is 0.974 bits per heavy atom. The topological polar surface area (TPSA) is 9.86 Å². The van der Waals surface area contributed by atoms with Gasteiger partial charge in [-0.1, -0.05) is 96.8 Å². The monoisotopic (exact) mass is 497 g/mol. The summed E-state index contributed by atoms with van der Waals surface area (Å²) in [4.78, 5) is 0. The Hall–Kier alpha value is -5.08. The van der Waals surface area contributed by atoms with Gasteiger partial charge in [-0.15, -0.1) is 0 Å². The average Bonchev–Trinajstić information content (AvgIpc) is 3.67. The van der Waals surface area contributed by atoms with Gasteiger partial charge in [0.1, 0.15) is 0 Å². The molecule has 0 spiro atoms. The van der Waals surface area contributed by atoms with Gasteiger partial charge in [-0.2, -0.15) is 0 Å². The van der Waals surface area contributed by atoms with E-state index < -0.39 is 54.4 Å². The van der Waals surface area contributed by atoms with Gasteiger partial charge in [0.05, 0.1) is 39.9 Å². The number of hydrogen-bond donors (Lipinski definition) is 0. The lowest BCUT2D eigenvalue weighted by molar-refractivity contribution is 1.17. The molecule has 0 bridgehead atoms. The third-order valence-corrected chi connectivity index (χ3v) is 6.86. The molecule has 2 nitrogen and oxygen atoms in total. The van der Waals surface area contributed by atoms with Gasteiger partial charge < -0.3 is 9.13 Å². The van der Waals surface area contributed by atoms with E-state index in [0.29, 0.717) is 11.3 Å². The molecule has 38 heavy (non-hydrogen) atoms. The summed E-state index contributed by atoms with van der Waals surface area (Å²) in [7, 11) is 0. The molecule has 0 N–H and O–H groups in total. The fourth-order valence-corrected chi connectivity index (χ4v) is 5.23. The molecule has 0 aliphatic heterocycles. The highest BCUT2D eigenvalue weighted by Crippen LogP contribution is 2.37. The molecule has 0 unspecified atom stereocenters. The Balaban J connectivity index is 1.40. The summed E-state index contributed by atoms with van der Waals surface area (Å²) in [5, 5.41) is 1.61. The second-order valence-corrected chi connectivity index (χ2v) is 8.88. The smallest absolute Gasteiger partial charge is 0.0645 e. The summed E-state index contributed by atoms with van der Waals surface area (Å²) in [6, 6.07) is 14.6. The summed E-state index contributed by atoms with van der Waals surface area (Å²) in [6.07, 6.45) is 0. The van der Waals surface area contributed by atoms with E-state index in [1.54, 1.807) is 30.3 Å². The van der Waals surface area contributed by atoms with Crippen LogP contribution in [0.5, 0.6) is 0 Å². The first-order chi connectivity index (χ1) is 24.3. The molecule has 0 amide bonds. The normalized spacial score (nSPS) is 16.5. The summed E-state index contributed by atoms with van der Waals surface area (Å²) in [6.45, 7) is 0. The van der Waals surface area contributed by atoms with Crippen LogP contribution in [-0.4, -0.2) is 9.13 Å². The quantitative estimate of drug-likeness (QED) is 0.230. The first kappa shape index (κ1) is 12.0. The van der Waals surface area contributed by atoms with Crippen molar-refractivity contribution < 1.29 is 17.8 Å². The number of aromatic nitrogens is 2. The van der Waals surface area contributed by atoms with E-state index >= 15 is 0 Å². The molecule has 8 aromatic rings. The zero-order chi connectivity index (χ0) is 36.4. The molecule has 0 saturated heterocycles. The van der Waals surface area contributed by atoms with Crippen LogP contribution < -0.4 is 0 Å². The summed E-state index contributed by atoms with van der Waals surface area (Å²) in [5.74, 6) is 0. The number of para-hydroxylation sites is 3. The maximum atomic E-state index is 8.86. The lowest BCUT2D eigenvalue weighted by atomic mass is 10.1. The molecule has 8 rings (SSSR count). The fourth-order valence-electron chi connectivity index (χ4n) is 5.23. The molecule has 0 fully saturated rings. The minimum atomic E-state index is -0.505. The maximum absolute atomic E-state index is 8.86. The molecular weight excluding hydrogens is 460 g/mol. The molecule has 6 aromatic carbocycles. The Morgan fingerprint density at radius 3 is 1.71 bits per heavy atom. The van der Waals surface area contributed by atoms with E-state index in [0.717, 1.165) is 27.5 Å². The zero-order valence-corrected chi connectivity index (χ0v) is 19.7. The minimum absolute atomic E-state index is 0.00438. The van der Waals surface area contributed by atoms with E-state index in [9.17, 15) is 0 Å². The lowest BCUT2D eigenvalue weighted by Crippen LogP contribution is -1.95. The van der Waals surface area contributed by atoms with Gasteiger partial charge in [0, 0.05) is 32.9 Å². The summed E-state index contributed by atoms with van der Waals surface area (Å²) < 4.78 is 113. The van der Waals surface area contributed by atoms with Crippen molar-refractivity contribution in [1.82, 2.24) is 9.13 Å². The first-order valence-electron chi connectivity index (χ1n) is 18.5. The van der Waals surface area contributed by atoms with Crippen molar-refractivity contribution in [2.24, 2.45) is 0 Å². The molecule has 2 aromatic heterocycles. The van der Waals surface area contributed by atoms with Crippen LogP contribution in [0.3, 0.4) is 0 Å². The van der Waals surface area contributed by atoms with Crippen LogP contribution in [0.15, 0.2) is 145 Å². The average molecular weight is 498 g/mol. The van der Waals surface area contributed by atoms with Crippen LogP contribution in [0.4, 0.5) is 0 Å². The van der Waals surface area contributed by atoms with Crippen LogP contribution in [0.2, 0.25) is 0 Å². The molecule has 0 aliphatic rings. The van der Waals surface area contributed by atoms with Crippen molar-refractivity contribution in [1.29, 1.82) is 0 Å². The van der Waals surface area contributed by atoms with Crippen LogP contribution in [-0.2, 0) is 0 Å². The summed E-state index contributed by atoms with van der Waals surface area (Å²) >= 11 is 0. The molecular formula is C36H24N2. The van der Waals surface area contributed by atoms with E-state index in [1.165, 1.54) is 4.57 Å². The number of rotatable bonds is 3. The van der Waals surface area contributed by atoms with Gasteiger partial charge in [0.15, 0.2) is 0 Å². The van der Waals surface area contributed by atoms with Gasteiger partial charge in [-0.25, -0.2) is 0 Å². The minimum Gasteiger partial charge on any atom is -0.309 e.